The van der Waals surface area contributed by atoms with Crippen molar-refractivity contribution in [3.63, 3.8) is 0 Å². The van der Waals surface area contributed by atoms with Crippen LogP contribution in [0.15, 0.2) is 72.8 Å². The predicted molar refractivity (Wildman–Crippen MR) is 228 cm³/mol. The Hall–Kier alpha value is -6.21. The van der Waals surface area contributed by atoms with Crippen LogP contribution >= 0.6 is 0 Å². The highest BCUT2D eigenvalue weighted by Gasteiger charge is 2.47. The number of nitrogens with one attached hydrogen (secondary N) is 2. The average Bonchev–Trinajstić information content (AvgIpc) is 3.25. The molecule has 2 N–H and O–H groups in total. The van der Waals surface area contributed by atoms with Gasteiger partial charge in [-0.25, -0.2) is 8.42 Å². The topological polar surface area (TPSA) is 200 Å². The molecule has 0 bridgehead atoms. The van der Waals surface area contributed by atoms with Crippen molar-refractivity contribution in [3.8, 4) is 46.0 Å². The summed E-state index contributed by atoms with van der Waals surface area (Å²) in [7, 11) is -7.53. The minimum atomic E-state index is -6.13. The monoisotopic (exact) mass is 984 g/mol. The van der Waals surface area contributed by atoms with Crippen molar-refractivity contribution < 1.29 is 89.5 Å². The van der Waals surface area contributed by atoms with Gasteiger partial charge < -0.3 is 37.9 Å². The molecule has 0 saturated carbocycles. The van der Waals surface area contributed by atoms with E-state index in [1.807, 2.05) is 0 Å². The van der Waals surface area contributed by atoms with E-state index in [2.05, 4.69) is 0 Å². The maximum atomic E-state index is 15.5. The number of hydrogen-bond acceptors (Lipinski definition) is 14. The Balaban J connectivity index is 2.16. The SMILES string of the molecule is COc1cc(OC)c(C=CC(c2ccc(OC)c(NS(=O)(=O)C(F)(F)F)c2)S(=O)(=O)C(C=Cc2c(OC)cc(OC)cc2OC)c2ccc(OC)c(NS(=O)(=O)C(F)(F)F)c2)c(OC)c1. The van der Waals surface area contributed by atoms with Gasteiger partial charge in [-0.2, -0.15) is 43.2 Å². The number of sulfone groups is 1. The predicted octanol–water partition coefficient (Wildman–Crippen LogP) is 7.90. The lowest BCUT2D eigenvalue weighted by Crippen LogP contribution is -2.30. The van der Waals surface area contributed by atoms with Crippen LogP contribution < -0.4 is 47.3 Å². The van der Waals surface area contributed by atoms with Crippen LogP contribution in [-0.4, -0.2) is 93.1 Å². The van der Waals surface area contributed by atoms with E-state index in [-0.39, 0.29) is 45.6 Å². The molecule has 0 aromatic heterocycles. The molecular formula is C40H42F6N2O14S3. The van der Waals surface area contributed by atoms with Crippen molar-refractivity contribution in [1.29, 1.82) is 0 Å². The zero-order valence-corrected chi connectivity index (χ0v) is 37.9. The van der Waals surface area contributed by atoms with E-state index in [1.165, 1.54) is 88.5 Å². The van der Waals surface area contributed by atoms with Gasteiger partial charge in [0.05, 0.1) is 79.4 Å². The molecule has 0 amide bonds. The van der Waals surface area contributed by atoms with Gasteiger partial charge in [0.1, 0.15) is 56.5 Å². The van der Waals surface area contributed by atoms with E-state index >= 15 is 8.42 Å². The average molecular weight is 985 g/mol. The molecule has 2 unspecified atom stereocenters. The van der Waals surface area contributed by atoms with E-state index in [1.54, 1.807) is 0 Å². The summed E-state index contributed by atoms with van der Waals surface area (Å²) in [4.78, 5) is 0. The molecule has 0 aliphatic rings. The van der Waals surface area contributed by atoms with Crippen molar-refractivity contribution in [3.05, 3.63) is 95.1 Å². The summed E-state index contributed by atoms with van der Waals surface area (Å²) in [5.74, 6) is -0.116. The second-order valence-electron chi connectivity index (χ2n) is 13.1. The molecule has 0 heterocycles. The van der Waals surface area contributed by atoms with Crippen LogP contribution in [0.25, 0.3) is 12.2 Å². The number of alkyl halides is 6. The highest BCUT2D eigenvalue weighted by Crippen LogP contribution is 2.45. The number of hydrogen-bond donors (Lipinski definition) is 2. The first-order valence-corrected chi connectivity index (χ1v) is 22.7. The van der Waals surface area contributed by atoms with E-state index in [4.69, 9.17) is 37.9 Å². The highest BCUT2D eigenvalue weighted by atomic mass is 32.2. The lowest BCUT2D eigenvalue weighted by molar-refractivity contribution is -0.0435. The summed E-state index contributed by atoms with van der Waals surface area (Å²) in [5.41, 5.74) is -13.9. The van der Waals surface area contributed by atoms with Gasteiger partial charge in [-0.15, -0.1) is 0 Å². The highest BCUT2D eigenvalue weighted by molar-refractivity contribution is 7.94. The maximum Gasteiger partial charge on any atom is 0.516 e. The standard InChI is InChI=1S/C40H42F6N2O14S3/c1-55-25-19-33(59-5)27(34(20-25)60-6)11-15-37(23-9-13-31(57-3)29(17-23)47-64(51,52)39(41,42)43)63(49,50)38(16-12-28-35(61-7)21-26(56-2)22-36(28)62-8)24-10-14-32(58-4)30(18-24)48-65(53,54)40(44,45)46/h9-22,37-38,47-48H,1-8H3. The Bertz CT molecular complexity index is 2530. The van der Waals surface area contributed by atoms with Crippen LogP contribution in [0, 0.1) is 0 Å². The van der Waals surface area contributed by atoms with Crippen LogP contribution in [0.4, 0.5) is 37.7 Å². The van der Waals surface area contributed by atoms with Crippen molar-refractivity contribution >= 4 is 53.4 Å². The first-order chi connectivity index (χ1) is 30.4. The van der Waals surface area contributed by atoms with Gasteiger partial charge in [0.15, 0.2) is 9.84 Å². The molecule has 16 nitrogen and oxygen atoms in total. The fourth-order valence-electron chi connectivity index (χ4n) is 6.11. The van der Waals surface area contributed by atoms with Crippen LogP contribution in [0.1, 0.15) is 32.8 Å². The molecule has 0 saturated heterocycles. The van der Waals surface area contributed by atoms with E-state index in [0.29, 0.717) is 0 Å². The Kier molecular flexibility index (Phi) is 16.1. The van der Waals surface area contributed by atoms with E-state index < -0.39 is 85.4 Å². The molecule has 0 spiro atoms. The number of benzene rings is 4. The van der Waals surface area contributed by atoms with Gasteiger partial charge in [0.25, 0.3) is 0 Å². The van der Waals surface area contributed by atoms with Gasteiger partial charge in [-0.1, -0.05) is 24.3 Å². The van der Waals surface area contributed by atoms with Crippen LogP contribution in [-0.2, 0) is 29.9 Å². The zero-order valence-electron chi connectivity index (χ0n) is 35.4. The first-order valence-electron chi connectivity index (χ1n) is 18.1. The van der Waals surface area contributed by atoms with Crippen LogP contribution in [0.3, 0.4) is 0 Å². The lowest BCUT2D eigenvalue weighted by atomic mass is 10.1. The largest absolute Gasteiger partial charge is 0.516 e. The first kappa shape index (κ1) is 51.4. The molecule has 4 aromatic rings. The number of ether oxygens (including phenoxy) is 8. The van der Waals surface area contributed by atoms with Crippen LogP contribution in [0.2, 0.25) is 0 Å². The van der Waals surface area contributed by atoms with Gasteiger partial charge in [-0.3, -0.25) is 9.44 Å². The summed E-state index contributed by atoms with van der Waals surface area (Å²) < 4.78 is 208. The molecule has 65 heavy (non-hydrogen) atoms. The minimum Gasteiger partial charge on any atom is -0.496 e. The summed E-state index contributed by atoms with van der Waals surface area (Å²) in [5, 5.41) is -4.07. The molecular weight excluding hydrogens is 943 g/mol. The maximum absolute atomic E-state index is 15.5. The van der Waals surface area contributed by atoms with Gasteiger partial charge in [0, 0.05) is 24.3 Å². The van der Waals surface area contributed by atoms with Gasteiger partial charge in [-0.05, 0) is 47.5 Å². The fraction of sp³-hybridized carbons (Fsp3) is 0.300. The molecule has 0 aliphatic carbocycles. The van der Waals surface area contributed by atoms with Gasteiger partial charge >= 0.3 is 31.1 Å². The quantitative estimate of drug-likeness (QED) is 0.0810. The molecule has 0 aliphatic heterocycles. The molecule has 356 valence electrons. The summed E-state index contributed by atoms with van der Waals surface area (Å²) in [6.07, 6.45) is 4.54. The number of anilines is 2. The van der Waals surface area contributed by atoms with Gasteiger partial charge in [0.2, 0.25) is 0 Å². The molecule has 2 atom stereocenters. The van der Waals surface area contributed by atoms with E-state index in [9.17, 15) is 43.2 Å². The fourth-order valence-corrected chi connectivity index (χ4v) is 9.20. The summed E-state index contributed by atoms with van der Waals surface area (Å²) in [6.45, 7) is 0. The smallest absolute Gasteiger partial charge is 0.496 e. The van der Waals surface area contributed by atoms with Crippen LogP contribution in [0.5, 0.6) is 46.0 Å². The molecule has 25 heteroatoms. The minimum absolute atomic E-state index is 0.0776. The lowest BCUT2D eigenvalue weighted by Gasteiger charge is -2.24. The Morgan fingerprint density at radius 1 is 0.446 bits per heavy atom. The third-order valence-corrected chi connectivity index (χ3v) is 13.8. The van der Waals surface area contributed by atoms with Crippen molar-refractivity contribution in [1.82, 2.24) is 0 Å². The normalized spacial score (nSPS) is 13.5. The Labute approximate surface area is 370 Å². The summed E-state index contributed by atoms with van der Waals surface area (Å²) in [6, 6.07) is 11.4. The molecule has 4 aromatic carbocycles. The number of sulfonamides is 2. The third kappa shape index (κ3) is 11.4. The number of halogens is 6. The zero-order chi connectivity index (χ0) is 48.7. The number of methoxy groups -OCH3 is 8. The molecule has 4 rings (SSSR count). The van der Waals surface area contributed by atoms with Crippen molar-refractivity contribution in [2.45, 2.75) is 21.5 Å². The van der Waals surface area contributed by atoms with E-state index in [0.717, 1.165) is 62.8 Å². The van der Waals surface area contributed by atoms with Crippen molar-refractivity contribution in [2.24, 2.45) is 0 Å². The Morgan fingerprint density at radius 2 is 0.738 bits per heavy atom. The number of rotatable bonds is 20. The molecule has 0 radical (unpaired) electrons. The van der Waals surface area contributed by atoms with Crippen molar-refractivity contribution in [2.75, 3.05) is 66.3 Å². The second-order valence-corrected chi connectivity index (χ2v) is 18.6. The second kappa shape index (κ2) is 20.3. The summed E-state index contributed by atoms with van der Waals surface area (Å²) >= 11 is 0. The third-order valence-electron chi connectivity index (χ3n) is 9.29. The molecule has 0 fully saturated rings. The Morgan fingerprint density at radius 3 is 0.985 bits per heavy atom.